The summed E-state index contributed by atoms with van der Waals surface area (Å²) in [7, 11) is 0. The van der Waals surface area contributed by atoms with E-state index in [9.17, 15) is 4.79 Å². The van der Waals surface area contributed by atoms with Crippen LogP contribution in [0.5, 0.6) is 0 Å². The molecule has 76 valence electrons. The predicted molar refractivity (Wildman–Crippen MR) is 56.6 cm³/mol. The molecule has 0 radical (unpaired) electrons. The lowest BCUT2D eigenvalue weighted by Gasteiger charge is -2.04. The summed E-state index contributed by atoms with van der Waals surface area (Å²) in [5, 5.41) is 2.78. The molecule has 0 aromatic carbocycles. The standard InChI is InChI=1S/C11H21NO/c1-4-6-11(7-5-2)8-9-12-10(3)13/h8H,4-7,9H2,1-3H3,(H,12,13). The Morgan fingerprint density at radius 1 is 1.23 bits per heavy atom. The van der Waals surface area contributed by atoms with Crippen molar-refractivity contribution in [1.82, 2.24) is 5.32 Å². The molecule has 0 aromatic rings. The smallest absolute Gasteiger partial charge is 0.217 e. The fraction of sp³-hybridized carbons (Fsp3) is 0.727. The normalized spacial score (nSPS) is 9.46. The van der Waals surface area contributed by atoms with Crippen molar-refractivity contribution in [3.05, 3.63) is 11.6 Å². The van der Waals surface area contributed by atoms with E-state index < -0.39 is 0 Å². The number of allylic oxidation sites excluding steroid dienone is 1. The zero-order valence-corrected chi connectivity index (χ0v) is 9.02. The molecule has 13 heavy (non-hydrogen) atoms. The number of carbonyl (C=O) groups is 1. The fourth-order valence-corrected chi connectivity index (χ4v) is 1.31. The van der Waals surface area contributed by atoms with E-state index in [1.807, 2.05) is 0 Å². The van der Waals surface area contributed by atoms with Gasteiger partial charge in [0.05, 0.1) is 0 Å². The number of carbonyl (C=O) groups excluding carboxylic acids is 1. The molecule has 1 amide bonds. The second-order valence-corrected chi connectivity index (χ2v) is 3.30. The van der Waals surface area contributed by atoms with Crippen LogP contribution in [-0.2, 0) is 4.79 Å². The molecule has 0 bridgehead atoms. The van der Waals surface area contributed by atoms with Gasteiger partial charge in [-0.05, 0) is 12.8 Å². The van der Waals surface area contributed by atoms with Gasteiger partial charge in [-0.3, -0.25) is 4.79 Å². The summed E-state index contributed by atoms with van der Waals surface area (Å²) in [4.78, 5) is 10.6. The van der Waals surface area contributed by atoms with E-state index in [0.717, 1.165) is 12.8 Å². The quantitative estimate of drug-likeness (QED) is 0.630. The molecule has 0 saturated heterocycles. The molecule has 0 aliphatic carbocycles. The van der Waals surface area contributed by atoms with E-state index in [-0.39, 0.29) is 5.91 Å². The highest BCUT2D eigenvalue weighted by Crippen LogP contribution is 2.10. The van der Waals surface area contributed by atoms with Gasteiger partial charge in [0.1, 0.15) is 0 Å². The third-order valence-corrected chi connectivity index (χ3v) is 1.88. The van der Waals surface area contributed by atoms with Crippen molar-refractivity contribution in [1.29, 1.82) is 0 Å². The van der Waals surface area contributed by atoms with Gasteiger partial charge in [0.15, 0.2) is 0 Å². The summed E-state index contributed by atoms with van der Waals surface area (Å²) < 4.78 is 0. The Morgan fingerprint density at radius 3 is 2.15 bits per heavy atom. The molecular weight excluding hydrogens is 162 g/mol. The number of amides is 1. The molecule has 0 fully saturated rings. The average Bonchev–Trinajstić information content (AvgIpc) is 2.04. The third-order valence-electron chi connectivity index (χ3n) is 1.88. The highest BCUT2D eigenvalue weighted by Gasteiger charge is 1.94. The molecule has 0 aliphatic heterocycles. The number of hydrogen-bond donors (Lipinski definition) is 1. The summed E-state index contributed by atoms with van der Waals surface area (Å²) in [5.74, 6) is 0.0450. The Bertz CT molecular complexity index is 165. The van der Waals surface area contributed by atoms with Gasteiger partial charge in [-0.25, -0.2) is 0 Å². The maximum atomic E-state index is 10.6. The van der Waals surface area contributed by atoms with Crippen LogP contribution in [0.25, 0.3) is 0 Å². The lowest BCUT2D eigenvalue weighted by atomic mass is 10.1. The Labute approximate surface area is 81.4 Å². The van der Waals surface area contributed by atoms with Gasteiger partial charge >= 0.3 is 0 Å². The van der Waals surface area contributed by atoms with Crippen LogP contribution in [0.1, 0.15) is 46.5 Å². The third kappa shape index (κ3) is 7.57. The predicted octanol–water partition coefficient (Wildman–Crippen LogP) is 2.65. The van der Waals surface area contributed by atoms with Crippen molar-refractivity contribution in [2.24, 2.45) is 0 Å². The molecule has 0 unspecified atom stereocenters. The van der Waals surface area contributed by atoms with Gasteiger partial charge in [0, 0.05) is 13.5 Å². The van der Waals surface area contributed by atoms with E-state index in [1.165, 1.54) is 18.4 Å². The molecular formula is C11H21NO. The minimum absolute atomic E-state index is 0.0450. The molecule has 0 aliphatic rings. The van der Waals surface area contributed by atoms with Crippen LogP contribution >= 0.6 is 0 Å². The lowest BCUT2D eigenvalue weighted by Crippen LogP contribution is -2.19. The molecule has 2 heteroatoms. The van der Waals surface area contributed by atoms with Crippen LogP contribution in [-0.4, -0.2) is 12.5 Å². The maximum absolute atomic E-state index is 10.6. The first-order valence-corrected chi connectivity index (χ1v) is 5.13. The zero-order chi connectivity index (χ0) is 10.1. The second kappa shape index (κ2) is 7.84. The SMILES string of the molecule is CCCC(=CCNC(C)=O)CCC. The summed E-state index contributed by atoms with van der Waals surface area (Å²) in [6.45, 7) is 6.60. The summed E-state index contributed by atoms with van der Waals surface area (Å²) in [6, 6.07) is 0. The van der Waals surface area contributed by atoms with Gasteiger partial charge in [-0.2, -0.15) is 0 Å². The average molecular weight is 183 g/mol. The van der Waals surface area contributed by atoms with Gasteiger partial charge < -0.3 is 5.32 Å². The van der Waals surface area contributed by atoms with Crippen molar-refractivity contribution in [3.8, 4) is 0 Å². The summed E-state index contributed by atoms with van der Waals surface area (Å²) in [5.41, 5.74) is 1.47. The fourth-order valence-electron chi connectivity index (χ4n) is 1.31. The van der Waals surface area contributed by atoms with Gasteiger partial charge in [0.25, 0.3) is 0 Å². The van der Waals surface area contributed by atoms with E-state index in [2.05, 4.69) is 25.2 Å². The molecule has 0 saturated carbocycles. The maximum Gasteiger partial charge on any atom is 0.217 e. The van der Waals surface area contributed by atoms with E-state index in [4.69, 9.17) is 0 Å². The number of hydrogen-bond acceptors (Lipinski definition) is 1. The van der Waals surface area contributed by atoms with Crippen molar-refractivity contribution < 1.29 is 4.79 Å². The Hall–Kier alpha value is -0.790. The first-order chi connectivity index (χ1) is 6.20. The largest absolute Gasteiger partial charge is 0.353 e. The number of nitrogens with one attached hydrogen (secondary N) is 1. The topological polar surface area (TPSA) is 29.1 Å². The molecule has 0 aromatic heterocycles. The van der Waals surface area contributed by atoms with Crippen molar-refractivity contribution in [2.75, 3.05) is 6.54 Å². The van der Waals surface area contributed by atoms with Crippen LogP contribution in [0, 0.1) is 0 Å². The van der Waals surface area contributed by atoms with Crippen molar-refractivity contribution in [2.45, 2.75) is 46.5 Å². The van der Waals surface area contributed by atoms with Crippen LogP contribution in [0.15, 0.2) is 11.6 Å². The highest BCUT2D eigenvalue weighted by atomic mass is 16.1. The van der Waals surface area contributed by atoms with E-state index in [0.29, 0.717) is 6.54 Å². The Morgan fingerprint density at radius 2 is 1.77 bits per heavy atom. The molecule has 0 heterocycles. The van der Waals surface area contributed by atoms with Crippen molar-refractivity contribution in [3.63, 3.8) is 0 Å². The van der Waals surface area contributed by atoms with Crippen LogP contribution in [0.2, 0.25) is 0 Å². The second-order valence-electron chi connectivity index (χ2n) is 3.30. The Kier molecular flexibility index (Phi) is 7.36. The van der Waals surface area contributed by atoms with Crippen LogP contribution in [0.4, 0.5) is 0 Å². The summed E-state index contributed by atoms with van der Waals surface area (Å²) >= 11 is 0. The van der Waals surface area contributed by atoms with Crippen LogP contribution in [0.3, 0.4) is 0 Å². The zero-order valence-electron chi connectivity index (χ0n) is 9.02. The molecule has 0 spiro atoms. The summed E-state index contributed by atoms with van der Waals surface area (Å²) in [6.07, 6.45) is 6.84. The minimum Gasteiger partial charge on any atom is -0.353 e. The molecule has 0 atom stereocenters. The highest BCUT2D eigenvalue weighted by molar-refractivity contribution is 5.72. The van der Waals surface area contributed by atoms with Gasteiger partial charge in [-0.15, -0.1) is 0 Å². The minimum atomic E-state index is 0.0450. The molecule has 2 nitrogen and oxygen atoms in total. The van der Waals surface area contributed by atoms with Gasteiger partial charge in [-0.1, -0.05) is 38.3 Å². The lowest BCUT2D eigenvalue weighted by molar-refractivity contribution is -0.118. The van der Waals surface area contributed by atoms with Crippen LogP contribution < -0.4 is 5.32 Å². The van der Waals surface area contributed by atoms with E-state index in [1.54, 1.807) is 6.92 Å². The Balaban J connectivity index is 3.80. The number of rotatable bonds is 6. The molecule has 0 rings (SSSR count). The van der Waals surface area contributed by atoms with Crippen molar-refractivity contribution >= 4 is 5.91 Å². The first kappa shape index (κ1) is 12.2. The van der Waals surface area contributed by atoms with E-state index >= 15 is 0 Å². The van der Waals surface area contributed by atoms with Gasteiger partial charge in [0.2, 0.25) is 5.91 Å². The first-order valence-electron chi connectivity index (χ1n) is 5.13. The molecule has 1 N–H and O–H groups in total. The monoisotopic (exact) mass is 183 g/mol.